The first-order chi connectivity index (χ1) is 14.6. The number of fused-ring (bicyclic) bond motifs is 2. The van der Waals surface area contributed by atoms with Gasteiger partial charge in [0, 0.05) is 28.8 Å². The number of thiophene rings is 1. The summed E-state index contributed by atoms with van der Waals surface area (Å²) in [6.45, 7) is 2.32. The lowest BCUT2D eigenvalue weighted by Crippen LogP contribution is -2.23. The first-order valence-electron chi connectivity index (χ1n) is 9.90. The van der Waals surface area contributed by atoms with Crippen LogP contribution in [-0.4, -0.2) is 20.4 Å². The molecule has 4 aromatic rings. The molecule has 1 aliphatic rings. The molecule has 1 amide bonds. The van der Waals surface area contributed by atoms with Crippen molar-refractivity contribution in [3.63, 3.8) is 0 Å². The number of hydrogen-bond donors (Lipinski definition) is 1. The van der Waals surface area contributed by atoms with Gasteiger partial charge in [-0.3, -0.25) is 14.2 Å². The summed E-state index contributed by atoms with van der Waals surface area (Å²) in [7, 11) is 0. The Morgan fingerprint density at radius 2 is 2.07 bits per heavy atom. The van der Waals surface area contributed by atoms with E-state index >= 15 is 0 Å². The van der Waals surface area contributed by atoms with Gasteiger partial charge in [-0.05, 0) is 31.7 Å². The van der Waals surface area contributed by atoms with Crippen molar-refractivity contribution in [2.45, 2.75) is 39.2 Å². The molecule has 1 N–H and O–H groups in total. The molecule has 0 atom stereocenters. The topological polar surface area (TPSA) is 76.9 Å². The molecule has 0 saturated heterocycles. The van der Waals surface area contributed by atoms with Crippen LogP contribution in [0.5, 0.6) is 0 Å². The van der Waals surface area contributed by atoms with Gasteiger partial charge in [0.25, 0.3) is 5.56 Å². The van der Waals surface area contributed by atoms with Gasteiger partial charge in [-0.1, -0.05) is 29.8 Å². The molecule has 0 unspecified atom stereocenters. The summed E-state index contributed by atoms with van der Waals surface area (Å²) < 4.78 is 1.52. The molecule has 3 heterocycles. The van der Waals surface area contributed by atoms with Crippen molar-refractivity contribution < 1.29 is 4.79 Å². The Bertz CT molecular complexity index is 1280. The van der Waals surface area contributed by atoms with Gasteiger partial charge in [-0.15, -0.1) is 22.7 Å². The summed E-state index contributed by atoms with van der Waals surface area (Å²) in [6.07, 6.45) is 4.92. The predicted molar refractivity (Wildman–Crippen MR) is 121 cm³/mol. The number of nitrogens with zero attached hydrogens (tertiary/aromatic N) is 3. The van der Waals surface area contributed by atoms with E-state index in [9.17, 15) is 9.59 Å². The van der Waals surface area contributed by atoms with Crippen molar-refractivity contribution in [3.05, 3.63) is 62.5 Å². The lowest BCUT2D eigenvalue weighted by molar-refractivity contribution is -0.116. The van der Waals surface area contributed by atoms with E-state index in [4.69, 9.17) is 0 Å². The van der Waals surface area contributed by atoms with E-state index in [0.717, 1.165) is 36.1 Å². The highest BCUT2D eigenvalue weighted by Crippen LogP contribution is 2.31. The van der Waals surface area contributed by atoms with Crippen molar-refractivity contribution in [2.75, 3.05) is 5.32 Å². The zero-order valence-electron chi connectivity index (χ0n) is 16.5. The molecule has 0 radical (unpaired) electrons. The first kappa shape index (κ1) is 19.1. The van der Waals surface area contributed by atoms with Gasteiger partial charge >= 0.3 is 0 Å². The summed E-state index contributed by atoms with van der Waals surface area (Å²) >= 11 is 3.02. The maximum Gasteiger partial charge on any atom is 0.262 e. The van der Waals surface area contributed by atoms with Crippen LogP contribution in [0.3, 0.4) is 0 Å². The van der Waals surface area contributed by atoms with Gasteiger partial charge in [0.2, 0.25) is 5.91 Å². The highest BCUT2D eigenvalue weighted by atomic mass is 32.1. The van der Waals surface area contributed by atoms with E-state index in [-0.39, 0.29) is 24.4 Å². The fourth-order valence-corrected chi connectivity index (χ4v) is 5.69. The van der Waals surface area contributed by atoms with Crippen LogP contribution in [0.2, 0.25) is 0 Å². The third-order valence-corrected chi connectivity index (χ3v) is 7.30. The van der Waals surface area contributed by atoms with Crippen LogP contribution in [-0.2, 0) is 24.2 Å². The molecule has 8 heteroatoms. The van der Waals surface area contributed by atoms with E-state index in [1.165, 1.54) is 32.7 Å². The van der Waals surface area contributed by atoms with Gasteiger partial charge in [0.15, 0.2) is 5.13 Å². The minimum absolute atomic E-state index is 0.113. The Labute approximate surface area is 181 Å². The standard InChI is InChI=1S/C22H20N4O2S2/c1-13-5-7-14(8-6-13)15-11-29-20-19(15)21(28)26(12-23-20)10-9-18(27)25-22-24-16-3-2-4-17(16)30-22/h5-8,11-12H,2-4,9-10H2,1H3,(H,24,25,27). The van der Waals surface area contributed by atoms with Gasteiger partial charge < -0.3 is 5.32 Å². The molecule has 0 aliphatic heterocycles. The van der Waals surface area contributed by atoms with Gasteiger partial charge in [-0.2, -0.15) is 0 Å². The fourth-order valence-electron chi connectivity index (χ4n) is 3.72. The van der Waals surface area contributed by atoms with Gasteiger partial charge in [0.05, 0.1) is 17.4 Å². The van der Waals surface area contributed by atoms with Crippen LogP contribution >= 0.6 is 22.7 Å². The van der Waals surface area contributed by atoms with Crippen LogP contribution in [0.4, 0.5) is 5.13 Å². The summed E-state index contributed by atoms with van der Waals surface area (Å²) in [5.74, 6) is -0.140. The Balaban J connectivity index is 1.34. The number of thiazole rings is 1. The van der Waals surface area contributed by atoms with Gasteiger partial charge in [-0.25, -0.2) is 9.97 Å². The summed E-state index contributed by atoms with van der Waals surface area (Å²) in [6, 6.07) is 8.11. The maximum absolute atomic E-state index is 13.1. The van der Waals surface area contributed by atoms with Crippen LogP contribution in [0.1, 0.15) is 29.0 Å². The molecule has 0 saturated carbocycles. The average molecular weight is 437 g/mol. The Morgan fingerprint density at radius 3 is 2.87 bits per heavy atom. The smallest absolute Gasteiger partial charge is 0.262 e. The van der Waals surface area contributed by atoms with Crippen molar-refractivity contribution in [1.82, 2.24) is 14.5 Å². The van der Waals surface area contributed by atoms with Crippen LogP contribution in [0.25, 0.3) is 21.3 Å². The van der Waals surface area contributed by atoms with E-state index in [2.05, 4.69) is 15.3 Å². The summed E-state index contributed by atoms with van der Waals surface area (Å²) in [4.78, 5) is 36.4. The first-order valence-corrected chi connectivity index (χ1v) is 11.6. The molecule has 6 nitrogen and oxygen atoms in total. The predicted octanol–water partition coefficient (Wildman–Crippen LogP) is 4.41. The minimum Gasteiger partial charge on any atom is -0.302 e. The zero-order chi connectivity index (χ0) is 20.7. The second-order valence-corrected chi connectivity index (χ2v) is 9.42. The number of carbonyl (C=O) groups is 1. The third kappa shape index (κ3) is 3.57. The summed E-state index contributed by atoms with van der Waals surface area (Å²) in [5, 5.41) is 6.12. The van der Waals surface area contributed by atoms with E-state index in [1.807, 2.05) is 36.6 Å². The number of benzene rings is 1. The van der Waals surface area contributed by atoms with E-state index in [0.29, 0.717) is 15.3 Å². The molecule has 5 rings (SSSR count). The molecular weight excluding hydrogens is 416 g/mol. The lowest BCUT2D eigenvalue weighted by Gasteiger charge is -2.06. The number of rotatable bonds is 5. The van der Waals surface area contributed by atoms with E-state index < -0.39 is 0 Å². The van der Waals surface area contributed by atoms with Crippen LogP contribution in [0.15, 0.2) is 40.8 Å². The van der Waals surface area contributed by atoms with Crippen molar-refractivity contribution >= 4 is 43.9 Å². The number of aromatic nitrogens is 3. The van der Waals surface area contributed by atoms with E-state index in [1.54, 1.807) is 11.3 Å². The Kier molecular flexibility index (Phi) is 4.96. The molecule has 0 fully saturated rings. The monoisotopic (exact) mass is 436 g/mol. The van der Waals surface area contributed by atoms with Crippen molar-refractivity contribution in [3.8, 4) is 11.1 Å². The third-order valence-electron chi connectivity index (χ3n) is 5.35. The molecule has 1 aliphatic carbocycles. The van der Waals surface area contributed by atoms with Crippen LogP contribution < -0.4 is 10.9 Å². The van der Waals surface area contributed by atoms with Gasteiger partial charge in [0.1, 0.15) is 4.83 Å². The molecule has 0 bridgehead atoms. The second kappa shape index (κ2) is 7.77. The molecule has 3 aromatic heterocycles. The Morgan fingerprint density at radius 1 is 1.23 bits per heavy atom. The molecule has 1 aromatic carbocycles. The lowest BCUT2D eigenvalue weighted by atomic mass is 10.1. The Hall–Kier alpha value is -2.84. The number of carbonyl (C=O) groups excluding carboxylic acids is 1. The highest BCUT2D eigenvalue weighted by molar-refractivity contribution is 7.17. The zero-order valence-corrected chi connectivity index (χ0v) is 18.1. The fraction of sp³-hybridized carbons (Fsp3) is 0.273. The van der Waals surface area contributed by atoms with Crippen LogP contribution in [0, 0.1) is 6.92 Å². The molecule has 0 spiro atoms. The molecule has 30 heavy (non-hydrogen) atoms. The normalized spacial score (nSPS) is 13.0. The second-order valence-electron chi connectivity index (χ2n) is 7.48. The van der Waals surface area contributed by atoms with Crippen molar-refractivity contribution in [1.29, 1.82) is 0 Å². The number of amides is 1. The minimum atomic E-state index is -0.140. The highest BCUT2D eigenvalue weighted by Gasteiger charge is 2.18. The number of hydrogen-bond acceptors (Lipinski definition) is 6. The number of nitrogens with one attached hydrogen (secondary N) is 1. The largest absolute Gasteiger partial charge is 0.302 e. The molecule has 152 valence electrons. The van der Waals surface area contributed by atoms with Crippen molar-refractivity contribution in [2.24, 2.45) is 0 Å². The maximum atomic E-state index is 13.1. The molecular formula is C22H20N4O2S2. The number of aryl methyl sites for hydroxylation is 4. The quantitative estimate of drug-likeness (QED) is 0.503. The SMILES string of the molecule is Cc1ccc(-c2csc3ncn(CCC(=O)Nc4nc5c(s4)CCC5)c(=O)c23)cc1. The number of anilines is 1. The average Bonchev–Trinajstić information content (AvgIpc) is 3.43. The summed E-state index contributed by atoms with van der Waals surface area (Å²) in [5.41, 5.74) is 4.06.